The van der Waals surface area contributed by atoms with E-state index in [-0.39, 0.29) is 37.0 Å². The van der Waals surface area contributed by atoms with E-state index in [1.165, 1.54) is 6.20 Å². The Bertz CT molecular complexity index is 1100. The van der Waals surface area contributed by atoms with E-state index in [1.54, 1.807) is 43.3 Å². The molecule has 10 heteroatoms. The predicted molar refractivity (Wildman–Crippen MR) is 125 cm³/mol. The Morgan fingerprint density at radius 3 is 2.30 bits per heavy atom. The molecule has 3 rings (SSSR count). The van der Waals surface area contributed by atoms with Gasteiger partial charge < -0.3 is 21.5 Å². The van der Waals surface area contributed by atoms with Crippen LogP contribution in [0.3, 0.4) is 0 Å². The third-order valence-electron chi connectivity index (χ3n) is 4.73. The van der Waals surface area contributed by atoms with Crippen molar-refractivity contribution in [3.05, 3.63) is 83.1 Å². The molecule has 0 aliphatic heterocycles. The lowest BCUT2D eigenvalue weighted by Gasteiger charge is -2.19. The van der Waals surface area contributed by atoms with Crippen LogP contribution in [0, 0.1) is 17.0 Å². The number of anilines is 1. The number of amides is 1. The molecule has 7 nitrogen and oxygen atoms in total. The molecule has 0 saturated carbocycles. The van der Waals surface area contributed by atoms with Gasteiger partial charge in [-0.15, -0.1) is 12.4 Å². The first-order chi connectivity index (χ1) is 15.3. The third kappa shape index (κ3) is 6.24. The molecule has 3 aromatic rings. The number of halogens is 3. The highest BCUT2D eigenvalue weighted by molar-refractivity contribution is 5.94. The Morgan fingerprint density at radius 2 is 1.79 bits per heavy atom. The molecule has 0 aliphatic rings. The number of carbonyl (C=O) groups excluding carboxylic acids is 1. The summed E-state index contributed by atoms with van der Waals surface area (Å²) in [5, 5.41) is 10.0. The van der Waals surface area contributed by atoms with Crippen LogP contribution < -0.4 is 16.8 Å². The summed E-state index contributed by atoms with van der Waals surface area (Å²) in [4.78, 5) is 16.8. The first-order valence-corrected chi connectivity index (χ1v) is 9.83. The molecule has 174 valence electrons. The molecule has 1 aromatic heterocycles. The zero-order valence-electron chi connectivity index (χ0n) is 17.8. The van der Waals surface area contributed by atoms with Crippen LogP contribution in [-0.4, -0.2) is 23.3 Å². The second kappa shape index (κ2) is 11.3. The summed E-state index contributed by atoms with van der Waals surface area (Å²) in [6, 6.07) is 12.0. The topological polar surface area (TPSA) is 127 Å². The van der Waals surface area contributed by atoms with Gasteiger partial charge >= 0.3 is 0 Å². The van der Waals surface area contributed by atoms with Crippen LogP contribution in [0.25, 0.3) is 11.3 Å². The second-order valence-corrected chi connectivity index (χ2v) is 6.99. The molecule has 0 radical (unpaired) electrons. The highest BCUT2D eigenvalue weighted by Gasteiger charge is 2.28. The minimum atomic E-state index is -1.47. The molecule has 1 atom stereocenters. The summed E-state index contributed by atoms with van der Waals surface area (Å²) in [5.74, 6) is -2.59. The van der Waals surface area contributed by atoms with Crippen LogP contribution >= 0.6 is 12.4 Å². The number of nitrogens with zero attached hydrogens (tertiary/aromatic N) is 1. The summed E-state index contributed by atoms with van der Waals surface area (Å²) >= 11 is 0. The molecule has 0 fully saturated rings. The van der Waals surface area contributed by atoms with Crippen molar-refractivity contribution in [2.45, 2.75) is 19.6 Å². The Balaban J connectivity index is 0.00000385. The summed E-state index contributed by atoms with van der Waals surface area (Å²) in [6.07, 6.45) is -0.0803. The predicted octanol–water partition coefficient (Wildman–Crippen LogP) is 3.71. The zero-order valence-corrected chi connectivity index (χ0v) is 18.6. The van der Waals surface area contributed by atoms with Crippen molar-refractivity contribution in [3.8, 4) is 11.3 Å². The van der Waals surface area contributed by atoms with E-state index in [4.69, 9.17) is 21.6 Å². The maximum atomic E-state index is 14.9. The van der Waals surface area contributed by atoms with E-state index in [0.29, 0.717) is 16.9 Å². The number of hydrogen-bond donors (Lipinski definition) is 4. The van der Waals surface area contributed by atoms with Crippen molar-refractivity contribution >= 4 is 29.8 Å². The number of amidine groups is 1. The standard InChI is InChI=1S/C23H23F2N5O2.ClH/c1-2-32-21(23(31)30-11-13-3-5-14(6-4-13)22(27)28)20-17(24)9-15(10-18(20)25)19-8-7-16(26)12-29-19;/h3-10,12,21H,2,11,26H2,1H3,(H3,27,28)(H,30,31);1H/t21-;/m0./s1. The molecular weight excluding hydrogens is 452 g/mol. The largest absolute Gasteiger partial charge is 0.397 e. The highest BCUT2D eigenvalue weighted by Crippen LogP contribution is 2.29. The lowest BCUT2D eigenvalue weighted by atomic mass is 10.0. The van der Waals surface area contributed by atoms with E-state index >= 15 is 0 Å². The molecule has 0 spiro atoms. The monoisotopic (exact) mass is 475 g/mol. The Kier molecular flexibility index (Phi) is 8.84. The fourth-order valence-corrected chi connectivity index (χ4v) is 3.10. The number of pyridine rings is 1. The van der Waals surface area contributed by atoms with Crippen LogP contribution in [0.4, 0.5) is 14.5 Å². The number of benzene rings is 2. The summed E-state index contributed by atoms with van der Waals surface area (Å²) in [7, 11) is 0. The fourth-order valence-electron chi connectivity index (χ4n) is 3.10. The molecule has 1 amide bonds. The van der Waals surface area contributed by atoms with E-state index in [0.717, 1.165) is 17.7 Å². The number of nitrogens with two attached hydrogens (primary N) is 2. The molecule has 0 saturated heterocycles. The maximum absolute atomic E-state index is 14.9. The highest BCUT2D eigenvalue weighted by atomic mass is 35.5. The lowest BCUT2D eigenvalue weighted by molar-refractivity contribution is -0.133. The van der Waals surface area contributed by atoms with Crippen molar-refractivity contribution in [1.82, 2.24) is 10.3 Å². The molecule has 1 heterocycles. The fraction of sp³-hybridized carbons (Fsp3) is 0.174. The van der Waals surface area contributed by atoms with Gasteiger partial charge in [0.25, 0.3) is 5.91 Å². The molecule has 0 unspecified atom stereocenters. The van der Waals surface area contributed by atoms with Crippen LogP contribution in [0.2, 0.25) is 0 Å². The smallest absolute Gasteiger partial charge is 0.254 e. The summed E-state index contributed by atoms with van der Waals surface area (Å²) in [6.45, 7) is 1.81. The van der Waals surface area contributed by atoms with Crippen LogP contribution in [0.5, 0.6) is 0 Å². The molecular formula is C23H24ClF2N5O2. The quantitative estimate of drug-likeness (QED) is 0.292. The maximum Gasteiger partial charge on any atom is 0.254 e. The SMILES string of the molecule is CCO[C@H](C(=O)NCc1ccc(C(=N)N)cc1)c1c(F)cc(-c2ccc(N)cn2)cc1F.Cl. The lowest BCUT2D eigenvalue weighted by Crippen LogP contribution is -2.31. The number of aromatic nitrogens is 1. The number of carbonyl (C=O) groups is 1. The van der Waals surface area contributed by atoms with Gasteiger partial charge in [0.15, 0.2) is 6.10 Å². The summed E-state index contributed by atoms with van der Waals surface area (Å²) in [5.41, 5.74) is 12.8. The van der Waals surface area contributed by atoms with Crippen molar-refractivity contribution < 1.29 is 18.3 Å². The minimum Gasteiger partial charge on any atom is -0.397 e. The van der Waals surface area contributed by atoms with E-state index in [1.807, 2.05) is 0 Å². The van der Waals surface area contributed by atoms with Crippen LogP contribution in [-0.2, 0) is 16.1 Å². The number of ether oxygens (including phenoxy) is 1. The van der Waals surface area contributed by atoms with Gasteiger partial charge in [0.05, 0.1) is 23.1 Å². The number of nitrogen functional groups attached to an aromatic ring is 2. The molecule has 0 bridgehead atoms. The van der Waals surface area contributed by atoms with Gasteiger partial charge in [0.2, 0.25) is 0 Å². The van der Waals surface area contributed by atoms with Gasteiger partial charge in [-0.1, -0.05) is 24.3 Å². The van der Waals surface area contributed by atoms with Crippen molar-refractivity contribution in [2.24, 2.45) is 5.73 Å². The van der Waals surface area contributed by atoms with E-state index < -0.39 is 29.2 Å². The summed E-state index contributed by atoms with van der Waals surface area (Å²) < 4.78 is 35.2. The minimum absolute atomic E-state index is 0. The van der Waals surface area contributed by atoms with Crippen molar-refractivity contribution in [3.63, 3.8) is 0 Å². The van der Waals surface area contributed by atoms with Gasteiger partial charge in [-0.3, -0.25) is 15.2 Å². The van der Waals surface area contributed by atoms with Crippen molar-refractivity contribution in [1.29, 1.82) is 5.41 Å². The normalized spacial score (nSPS) is 11.4. The Labute approximate surface area is 196 Å². The molecule has 2 aromatic carbocycles. The van der Waals surface area contributed by atoms with Gasteiger partial charge in [0.1, 0.15) is 17.5 Å². The number of nitrogens with one attached hydrogen (secondary N) is 2. The number of rotatable bonds is 8. The van der Waals surface area contributed by atoms with Gasteiger partial charge in [-0.05, 0) is 36.8 Å². The van der Waals surface area contributed by atoms with E-state index in [9.17, 15) is 13.6 Å². The van der Waals surface area contributed by atoms with Gasteiger partial charge in [-0.2, -0.15) is 0 Å². The third-order valence-corrected chi connectivity index (χ3v) is 4.73. The zero-order chi connectivity index (χ0) is 23.3. The molecule has 6 N–H and O–H groups in total. The van der Waals surface area contributed by atoms with Gasteiger partial charge in [-0.25, -0.2) is 8.78 Å². The van der Waals surface area contributed by atoms with Crippen LogP contribution in [0.15, 0.2) is 54.7 Å². The first kappa shape index (κ1) is 25.7. The number of hydrogen-bond acceptors (Lipinski definition) is 5. The second-order valence-electron chi connectivity index (χ2n) is 6.99. The van der Waals surface area contributed by atoms with Crippen LogP contribution in [0.1, 0.15) is 29.7 Å². The molecule has 33 heavy (non-hydrogen) atoms. The molecule has 0 aliphatic carbocycles. The first-order valence-electron chi connectivity index (χ1n) is 9.83. The Morgan fingerprint density at radius 1 is 1.15 bits per heavy atom. The average molecular weight is 476 g/mol. The van der Waals surface area contributed by atoms with E-state index in [2.05, 4.69) is 10.3 Å². The Hall–Kier alpha value is -3.56. The van der Waals surface area contributed by atoms with Crippen molar-refractivity contribution in [2.75, 3.05) is 12.3 Å². The average Bonchev–Trinajstić information content (AvgIpc) is 2.77. The van der Waals surface area contributed by atoms with Gasteiger partial charge in [0, 0.05) is 24.3 Å².